The van der Waals surface area contributed by atoms with Gasteiger partial charge in [0, 0.05) is 6.20 Å². The van der Waals surface area contributed by atoms with Crippen molar-refractivity contribution in [1.29, 1.82) is 5.26 Å². The van der Waals surface area contributed by atoms with E-state index in [1.54, 1.807) is 0 Å². The third kappa shape index (κ3) is 2.86. The molecule has 0 N–H and O–H groups in total. The van der Waals surface area contributed by atoms with Gasteiger partial charge in [-0.15, -0.1) is 0 Å². The van der Waals surface area contributed by atoms with Crippen molar-refractivity contribution >= 4 is 5.97 Å². The van der Waals surface area contributed by atoms with E-state index in [0.29, 0.717) is 0 Å². The van der Waals surface area contributed by atoms with Gasteiger partial charge < -0.3 is 4.74 Å². The Morgan fingerprint density at radius 3 is 2.67 bits per heavy atom. The molecule has 0 atom stereocenters. The van der Waals surface area contributed by atoms with E-state index in [1.807, 2.05) is 0 Å². The Bertz CT molecular complexity index is 729. The van der Waals surface area contributed by atoms with Gasteiger partial charge in [-0.1, -0.05) is 0 Å². The molecule has 0 radical (unpaired) electrons. The fourth-order valence-electron chi connectivity index (χ4n) is 1.69. The molecular formula is C13H8F3N3O2. The number of benzene rings is 1. The first-order valence-electron chi connectivity index (χ1n) is 5.62. The van der Waals surface area contributed by atoms with Crippen LogP contribution in [0.15, 0.2) is 30.5 Å². The molecule has 21 heavy (non-hydrogen) atoms. The molecule has 0 amide bonds. The molecule has 0 fully saturated rings. The average Bonchev–Trinajstić information content (AvgIpc) is 2.94. The fourth-order valence-corrected chi connectivity index (χ4v) is 1.69. The van der Waals surface area contributed by atoms with Gasteiger partial charge in [0.25, 0.3) is 0 Å². The van der Waals surface area contributed by atoms with Gasteiger partial charge in [0.2, 0.25) is 0 Å². The van der Waals surface area contributed by atoms with Crippen LogP contribution in [0.3, 0.4) is 0 Å². The van der Waals surface area contributed by atoms with E-state index in [4.69, 9.17) is 5.26 Å². The van der Waals surface area contributed by atoms with Gasteiger partial charge in [-0.2, -0.15) is 23.5 Å². The highest BCUT2D eigenvalue weighted by atomic mass is 19.4. The summed E-state index contributed by atoms with van der Waals surface area (Å²) in [5.41, 5.74) is -1.49. The zero-order valence-corrected chi connectivity index (χ0v) is 10.7. The van der Waals surface area contributed by atoms with Crippen LogP contribution in [0.25, 0.3) is 5.69 Å². The Morgan fingerprint density at radius 1 is 1.38 bits per heavy atom. The molecular weight excluding hydrogens is 287 g/mol. The lowest BCUT2D eigenvalue weighted by molar-refractivity contribution is -0.137. The number of hydrogen-bond acceptors (Lipinski definition) is 4. The normalized spacial score (nSPS) is 11.0. The van der Waals surface area contributed by atoms with E-state index in [1.165, 1.54) is 31.5 Å². The third-order valence-electron chi connectivity index (χ3n) is 2.68. The molecule has 2 rings (SSSR count). The Balaban J connectivity index is 2.49. The number of nitriles is 1. The summed E-state index contributed by atoms with van der Waals surface area (Å²) in [5.74, 6) is -0.696. The molecule has 2 aromatic rings. The summed E-state index contributed by atoms with van der Waals surface area (Å²) in [7, 11) is 1.17. The molecule has 1 heterocycles. The number of ether oxygens (including phenoxy) is 1. The number of halogens is 3. The van der Waals surface area contributed by atoms with Gasteiger partial charge in [-0.25, -0.2) is 9.48 Å². The molecule has 0 unspecified atom stereocenters. The predicted molar refractivity (Wildman–Crippen MR) is 64.6 cm³/mol. The van der Waals surface area contributed by atoms with Gasteiger partial charge in [-0.05, 0) is 24.3 Å². The molecule has 8 heteroatoms. The van der Waals surface area contributed by atoms with Gasteiger partial charge in [0.05, 0.1) is 30.0 Å². The highest BCUT2D eigenvalue weighted by Crippen LogP contribution is 2.33. The minimum absolute atomic E-state index is 0.0320. The number of esters is 1. The maximum absolute atomic E-state index is 12.9. The molecule has 0 aliphatic rings. The van der Waals surface area contributed by atoms with Crippen molar-refractivity contribution in [3.63, 3.8) is 0 Å². The molecule has 1 aromatic heterocycles. The lowest BCUT2D eigenvalue weighted by Crippen LogP contribution is -2.10. The molecule has 108 valence electrons. The molecule has 0 saturated carbocycles. The van der Waals surface area contributed by atoms with Crippen molar-refractivity contribution in [3.05, 3.63) is 47.3 Å². The van der Waals surface area contributed by atoms with E-state index in [-0.39, 0.29) is 11.4 Å². The van der Waals surface area contributed by atoms with Crippen LogP contribution < -0.4 is 0 Å². The Morgan fingerprint density at radius 2 is 2.10 bits per heavy atom. The number of carbonyl (C=O) groups excluding carboxylic acids is 1. The maximum atomic E-state index is 12.9. The number of alkyl halides is 3. The first-order chi connectivity index (χ1) is 9.86. The zero-order valence-electron chi connectivity index (χ0n) is 10.7. The van der Waals surface area contributed by atoms with Crippen LogP contribution in [0, 0.1) is 11.3 Å². The van der Waals surface area contributed by atoms with E-state index >= 15 is 0 Å². The smallest absolute Gasteiger partial charge is 0.417 e. The number of rotatable bonds is 2. The molecule has 1 aromatic carbocycles. The van der Waals surface area contributed by atoms with Crippen LogP contribution in [-0.4, -0.2) is 22.9 Å². The number of carbonyl (C=O) groups is 1. The number of hydrogen-bond donors (Lipinski definition) is 0. The van der Waals surface area contributed by atoms with E-state index in [2.05, 4.69) is 9.84 Å². The van der Waals surface area contributed by atoms with Crippen LogP contribution in [0.1, 0.15) is 21.6 Å². The topological polar surface area (TPSA) is 67.9 Å². The molecule has 0 spiro atoms. The summed E-state index contributed by atoms with van der Waals surface area (Å²) in [4.78, 5) is 11.3. The Kier molecular flexibility index (Phi) is 3.67. The van der Waals surface area contributed by atoms with Crippen molar-refractivity contribution in [2.45, 2.75) is 6.18 Å². The first kappa shape index (κ1) is 14.6. The summed E-state index contributed by atoms with van der Waals surface area (Å²) >= 11 is 0. The van der Waals surface area contributed by atoms with Crippen LogP contribution in [0.4, 0.5) is 13.2 Å². The summed E-state index contributed by atoms with van der Waals surface area (Å²) in [6.45, 7) is 0. The van der Waals surface area contributed by atoms with Crippen molar-refractivity contribution in [2.75, 3.05) is 7.11 Å². The largest absolute Gasteiger partial charge is 0.464 e. The highest BCUT2D eigenvalue weighted by Gasteiger charge is 2.34. The second kappa shape index (κ2) is 5.28. The van der Waals surface area contributed by atoms with Crippen LogP contribution in [-0.2, 0) is 10.9 Å². The fraction of sp³-hybridized carbons (Fsp3) is 0.154. The minimum atomic E-state index is -4.65. The van der Waals surface area contributed by atoms with Crippen LogP contribution in [0.2, 0.25) is 0 Å². The lowest BCUT2D eigenvalue weighted by Gasteiger charge is -2.10. The minimum Gasteiger partial charge on any atom is -0.464 e. The van der Waals surface area contributed by atoms with E-state index in [9.17, 15) is 18.0 Å². The van der Waals surface area contributed by atoms with Crippen molar-refractivity contribution in [2.24, 2.45) is 0 Å². The second-order valence-electron chi connectivity index (χ2n) is 3.98. The lowest BCUT2D eigenvalue weighted by atomic mass is 10.1. The molecule has 0 aliphatic carbocycles. The Labute approximate surface area is 117 Å². The van der Waals surface area contributed by atoms with Crippen LogP contribution in [0.5, 0.6) is 0 Å². The monoisotopic (exact) mass is 295 g/mol. The average molecular weight is 295 g/mol. The van der Waals surface area contributed by atoms with Gasteiger partial charge in [0.15, 0.2) is 5.69 Å². The van der Waals surface area contributed by atoms with E-state index in [0.717, 1.165) is 16.8 Å². The van der Waals surface area contributed by atoms with Gasteiger partial charge in [-0.3, -0.25) is 0 Å². The number of aromatic nitrogens is 2. The Hall–Kier alpha value is -2.82. The highest BCUT2D eigenvalue weighted by molar-refractivity contribution is 5.86. The quantitative estimate of drug-likeness (QED) is 0.798. The molecule has 0 aliphatic heterocycles. The van der Waals surface area contributed by atoms with Crippen molar-refractivity contribution in [1.82, 2.24) is 9.78 Å². The van der Waals surface area contributed by atoms with Crippen molar-refractivity contribution < 1.29 is 22.7 Å². The summed E-state index contributed by atoms with van der Waals surface area (Å²) in [5, 5.41) is 12.5. The summed E-state index contributed by atoms with van der Waals surface area (Å²) < 4.78 is 44.2. The van der Waals surface area contributed by atoms with Crippen molar-refractivity contribution in [3.8, 4) is 11.8 Å². The first-order valence-corrected chi connectivity index (χ1v) is 5.62. The maximum Gasteiger partial charge on any atom is 0.417 e. The standard InChI is InChI=1S/C13H8F3N3O2/c1-21-12(20)11-4-5-19(18-11)9-3-2-8(7-17)10(6-9)13(14,15)16/h2-6H,1H3. The molecule has 0 bridgehead atoms. The van der Waals surface area contributed by atoms with Crippen LogP contribution >= 0.6 is 0 Å². The summed E-state index contributed by atoms with van der Waals surface area (Å²) in [6.07, 6.45) is -3.33. The van der Waals surface area contributed by atoms with E-state index < -0.39 is 23.3 Å². The number of methoxy groups -OCH3 is 1. The third-order valence-corrected chi connectivity index (χ3v) is 2.68. The second-order valence-corrected chi connectivity index (χ2v) is 3.98. The zero-order chi connectivity index (χ0) is 15.6. The molecule has 0 saturated heterocycles. The SMILES string of the molecule is COC(=O)c1ccn(-c2ccc(C#N)c(C(F)(F)F)c2)n1. The van der Waals surface area contributed by atoms with Gasteiger partial charge >= 0.3 is 12.1 Å². The predicted octanol–water partition coefficient (Wildman–Crippen LogP) is 2.55. The van der Waals surface area contributed by atoms with Gasteiger partial charge in [0.1, 0.15) is 0 Å². The molecule has 5 nitrogen and oxygen atoms in total. The summed E-state index contributed by atoms with van der Waals surface area (Å²) in [6, 6.07) is 5.97. The number of nitrogens with zero attached hydrogens (tertiary/aromatic N) is 3.